The van der Waals surface area contributed by atoms with Crippen LogP contribution in [0, 0.1) is 0 Å². The van der Waals surface area contributed by atoms with Crippen LogP contribution in [-0.2, 0) is 4.74 Å². The van der Waals surface area contributed by atoms with Crippen molar-refractivity contribution >= 4 is 38.7 Å². The summed E-state index contributed by atoms with van der Waals surface area (Å²) in [6.45, 7) is 6.99. The van der Waals surface area contributed by atoms with Crippen LogP contribution in [0.3, 0.4) is 0 Å². The van der Waals surface area contributed by atoms with Gasteiger partial charge in [-0.15, -0.1) is 0 Å². The van der Waals surface area contributed by atoms with Gasteiger partial charge in [-0.2, -0.15) is 0 Å². The number of halogens is 1. The molecule has 4 heterocycles. The van der Waals surface area contributed by atoms with Gasteiger partial charge in [0.05, 0.1) is 17.4 Å². The molecule has 30 heavy (non-hydrogen) atoms. The Morgan fingerprint density at radius 2 is 2.00 bits per heavy atom. The van der Waals surface area contributed by atoms with E-state index in [-0.39, 0.29) is 12.1 Å². The minimum Gasteiger partial charge on any atom is -0.444 e. The molecule has 0 atom stereocenters. The van der Waals surface area contributed by atoms with Crippen molar-refractivity contribution in [2.75, 3.05) is 18.8 Å². The monoisotopic (exact) mass is 471 g/mol. The van der Waals surface area contributed by atoms with Crippen molar-refractivity contribution in [1.82, 2.24) is 19.4 Å². The Balaban J connectivity index is 1.62. The molecule has 158 valence electrons. The van der Waals surface area contributed by atoms with Crippen LogP contribution in [0.5, 0.6) is 0 Å². The lowest BCUT2D eigenvalue weighted by Crippen LogP contribution is -2.42. The lowest BCUT2D eigenvalue weighted by Gasteiger charge is -2.34. The molecule has 3 aromatic rings. The first kappa shape index (κ1) is 20.7. The van der Waals surface area contributed by atoms with E-state index in [1.807, 2.05) is 45.2 Å². The van der Waals surface area contributed by atoms with Crippen LogP contribution < -0.4 is 5.73 Å². The number of likely N-dealkylation sites (tertiary alicyclic amines) is 1. The topological polar surface area (TPSA) is 86.3 Å². The van der Waals surface area contributed by atoms with Gasteiger partial charge in [-0.05, 0) is 67.7 Å². The van der Waals surface area contributed by atoms with Crippen molar-refractivity contribution in [3.63, 3.8) is 0 Å². The second-order valence-electron chi connectivity index (χ2n) is 8.62. The van der Waals surface area contributed by atoms with Gasteiger partial charge >= 0.3 is 6.09 Å². The SMILES string of the molecule is CC(C)(C)OC(=O)N1CCC(n2cc(-c3cccc(N)n3)c3cc(Br)ncc32)CC1. The lowest BCUT2D eigenvalue weighted by atomic mass is 10.1. The molecule has 1 fully saturated rings. The van der Waals surface area contributed by atoms with Gasteiger partial charge < -0.3 is 19.9 Å². The van der Waals surface area contributed by atoms with E-state index in [1.54, 1.807) is 11.0 Å². The summed E-state index contributed by atoms with van der Waals surface area (Å²) in [4.78, 5) is 23.1. The van der Waals surface area contributed by atoms with Gasteiger partial charge in [-0.25, -0.2) is 14.8 Å². The van der Waals surface area contributed by atoms with Crippen LogP contribution >= 0.6 is 15.9 Å². The van der Waals surface area contributed by atoms with Gasteiger partial charge in [0.2, 0.25) is 0 Å². The highest BCUT2D eigenvalue weighted by Crippen LogP contribution is 2.35. The second-order valence-corrected chi connectivity index (χ2v) is 9.43. The van der Waals surface area contributed by atoms with Crippen LogP contribution in [0.4, 0.5) is 10.6 Å². The predicted octanol–water partition coefficient (Wildman–Crippen LogP) is 5.02. The van der Waals surface area contributed by atoms with Crippen molar-refractivity contribution in [3.05, 3.63) is 41.3 Å². The van der Waals surface area contributed by atoms with E-state index in [2.05, 4.69) is 36.7 Å². The van der Waals surface area contributed by atoms with E-state index in [0.29, 0.717) is 18.9 Å². The third kappa shape index (κ3) is 4.28. The van der Waals surface area contributed by atoms with Crippen LogP contribution in [0.2, 0.25) is 0 Å². The van der Waals surface area contributed by atoms with Gasteiger partial charge in [0.15, 0.2) is 0 Å². The molecule has 3 aromatic heterocycles. The van der Waals surface area contributed by atoms with Gasteiger partial charge in [-0.3, -0.25) is 0 Å². The maximum atomic E-state index is 12.4. The fourth-order valence-corrected chi connectivity index (χ4v) is 4.21. The number of piperidine rings is 1. The number of hydrogen-bond donors (Lipinski definition) is 1. The number of carbonyl (C=O) groups is 1. The molecule has 0 radical (unpaired) electrons. The molecule has 0 spiro atoms. The van der Waals surface area contributed by atoms with E-state index in [4.69, 9.17) is 10.5 Å². The number of carbonyl (C=O) groups excluding carboxylic acids is 1. The summed E-state index contributed by atoms with van der Waals surface area (Å²) in [5.74, 6) is 0.493. The van der Waals surface area contributed by atoms with E-state index in [0.717, 1.165) is 39.6 Å². The summed E-state index contributed by atoms with van der Waals surface area (Å²) < 4.78 is 8.56. The summed E-state index contributed by atoms with van der Waals surface area (Å²) in [5.41, 5.74) is 8.34. The molecule has 0 aliphatic carbocycles. The molecule has 2 N–H and O–H groups in total. The van der Waals surface area contributed by atoms with Gasteiger partial charge in [-0.1, -0.05) is 6.07 Å². The first-order valence-electron chi connectivity index (χ1n) is 10.1. The average molecular weight is 472 g/mol. The van der Waals surface area contributed by atoms with Gasteiger partial charge in [0.1, 0.15) is 16.0 Å². The van der Waals surface area contributed by atoms with Crippen molar-refractivity contribution in [3.8, 4) is 11.3 Å². The third-order valence-corrected chi connectivity index (χ3v) is 5.68. The zero-order valence-corrected chi connectivity index (χ0v) is 19.0. The number of pyridine rings is 2. The zero-order chi connectivity index (χ0) is 21.5. The molecular formula is C22H26BrN5O2. The Hall–Kier alpha value is -2.61. The minimum absolute atomic E-state index is 0.242. The Kier molecular flexibility index (Phi) is 5.44. The highest BCUT2D eigenvalue weighted by atomic mass is 79.9. The smallest absolute Gasteiger partial charge is 0.410 e. The van der Waals surface area contributed by atoms with Crippen LogP contribution in [0.1, 0.15) is 39.7 Å². The first-order chi connectivity index (χ1) is 14.2. The van der Waals surface area contributed by atoms with E-state index >= 15 is 0 Å². The fraction of sp³-hybridized carbons (Fsp3) is 0.409. The van der Waals surface area contributed by atoms with Crippen LogP contribution in [0.25, 0.3) is 22.2 Å². The van der Waals surface area contributed by atoms with E-state index in [1.165, 1.54) is 0 Å². The maximum absolute atomic E-state index is 12.4. The molecule has 0 bridgehead atoms. The molecule has 4 rings (SSSR count). The highest BCUT2D eigenvalue weighted by molar-refractivity contribution is 9.10. The standard InChI is InChI=1S/C22H26BrN5O2/c1-22(2,3)30-21(29)27-9-7-14(8-10-27)28-13-16(17-5-4-6-20(24)26-17)15-11-19(23)25-12-18(15)28/h4-6,11-14H,7-10H2,1-3H3,(H2,24,26). The third-order valence-electron chi connectivity index (χ3n) is 5.24. The number of hydrogen-bond acceptors (Lipinski definition) is 5. The van der Waals surface area contributed by atoms with Crippen molar-refractivity contribution in [1.29, 1.82) is 0 Å². The number of rotatable bonds is 2. The second kappa shape index (κ2) is 7.91. The number of anilines is 1. The number of aromatic nitrogens is 3. The lowest BCUT2D eigenvalue weighted by molar-refractivity contribution is 0.0189. The quantitative estimate of drug-likeness (QED) is 0.530. The summed E-state index contributed by atoms with van der Waals surface area (Å²) in [5, 5.41) is 1.07. The van der Waals surface area contributed by atoms with Gasteiger partial charge in [0.25, 0.3) is 0 Å². The summed E-state index contributed by atoms with van der Waals surface area (Å²) in [6.07, 6.45) is 5.48. The molecule has 7 nitrogen and oxygen atoms in total. The molecule has 0 saturated carbocycles. The first-order valence-corrected chi connectivity index (χ1v) is 10.9. The fourth-order valence-electron chi connectivity index (χ4n) is 3.88. The molecule has 1 aliphatic rings. The predicted molar refractivity (Wildman–Crippen MR) is 121 cm³/mol. The van der Waals surface area contributed by atoms with Crippen molar-refractivity contribution in [2.24, 2.45) is 0 Å². The van der Waals surface area contributed by atoms with E-state index < -0.39 is 5.60 Å². The maximum Gasteiger partial charge on any atom is 0.410 e. The Morgan fingerprint density at radius 3 is 2.67 bits per heavy atom. The number of ether oxygens (including phenoxy) is 1. The van der Waals surface area contributed by atoms with Crippen LogP contribution in [-0.4, -0.2) is 44.2 Å². The molecule has 0 unspecified atom stereocenters. The molecular weight excluding hydrogens is 446 g/mol. The van der Waals surface area contributed by atoms with Crippen molar-refractivity contribution < 1.29 is 9.53 Å². The Morgan fingerprint density at radius 1 is 1.27 bits per heavy atom. The summed E-state index contributed by atoms with van der Waals surface area (Å²) >= 11 is 3.48. The number of amides is 1. The molecule has 8 heteroatoms. The molecule has 1 saturated heterocycles. The number of nitrogens with zero attached hydrogens (tertiary/aromatic N) is 4. The average Bonchev–Trinajstić information content (AvgIpc) is 3.05. The van der Waals surface area contributed by atoms with E-state index in [9.17, 15) is 4.79 Å². The van der Waals surface area contributed by atoms with Crippen molar-refractivity contribution in [2.45, 2.75) is 45.3 Å². The normalized spacial score (nSPS) is 15.5. The van der Waals surface area contributed by atoms with Crippen LogP contribution in [0.15, 0.2) is 41.3 Å². The number of nitrogen functional groups attached to an aromatic ring is 1. The summed E-state index contributed by atoms with van der Waals surface area (Å²) in [6, 6.07) is 7.95. The molecule has 1 amide bonds. The molecule has 0 aromatic carbocycles. The minimum atomic E-state index is -0.483. The summed E-state index contributed by atoms with van der Waals surface area (Å²) in [7, 11) is 0. The molecule has 1 aliphatic heterocycles. The van der Waals surface area contributed by atoms with Gasteiger partial charge in [0, 0.05) is 36.3 Å². The Labute approximate surface area is 184 Å². The largest absolute Gasteiger partial charge is 0.444 e. The Bertz CT molecular complexity index is 1080. The number of fused-ring (bicyclic) bond motifs is 1. The zero-order valence-electron chi connectivity index (χ0n) is 17.4. The number of nitrogens with two attached hydrogens (primary N) is 1. The highest BCUT2D eigenvalue weighted by Gasteiger charge is 2.28.